The number of phenolic OH excluding ortho intramolecular Hbond substituents is 1. The second kappa shape index (κ2) is 11.0. The van der Waals surface area contributed by atoms with Crippen LogP contribution in [0, 0.1) is 6.07 Å². The standard InChI is InChI=1S/C37H28N3O.Pt/c1-37(2,35-24-26(21-22-38-35)25-11-4-3-5-12-25)28-14-10-13-27(23-28)31-20-19-30-29-15-6-7-16-32(29)40(36(30)39-31)33-17-8-9-18-34(33)41;/h3-22,24,41H,1-2H3;/q-1;. The molecule has 3 aromatic heterocycles. The van der Waals surface area contributed by atoms with E-state index in [1.807, 2.05) is 47.2 Å². The molecule has 5 heteroatoms. The summed E-state index contributed by atoms with van der Waals surface area (Å²) in [6, 6.07) is 44.3. The topological polar surface area (TPSA) is 50.9 Å². The fraction of sp³-hybridized carbons (Fsp3) is 0.0811. The van der Waals surface area contributed by atoms with Gasteiger partial charge in [0, 0.05) is 49.1 Å². The van der Waals surface area contributed by atoms with E-state index < -0.39 is 0 Å². The normalized spacial score (nSPS) is 11.5. The predicted octanol–water partition coefficient (Wildman–Crippen LogP) is 8.74. The molecule has 7 aromatic rings. The molecule has 1 N–H and O–H groups in total. The van der Waals surface area contributed by atoms with Crippen molar-refractivity contribution in [1.82, 2.24) is 14.5 Å². The van der Waals surface area contributed by atoms with E-state index in [0.717, 1.165) is 50.0 Å². The summed E-state index contributed by atoms with van der Waals surface area (Å²) in [7, 11) is 0. The van der Waals surface area contributed by atoms with Gasteiger partial charge in [-0.15, -0.1) is 35.4 Å². The van der Waals surface area contributed by atoms with Gasteiger partial charge in [-0.05, 0) is 47.2 Å². The van der Waals surface area contributed by atoms with Gasteiger partial charge in [-0.2, -0.15) is 0 Å². The van der Waals surface area contributed by atoms with Crippen LogP contribution in [0.3, 0.4) is 0 Å². The van der Waals surface area contributed by atoms with Gasteiger partial charge in [-0.1, -0.05) is 86.6 Å². The van der Waals surface area contributed by atoms with E-state index in [1.54, 1.807) is 6.07 Å². The van der Waals surface area contributed by atoms with Crippen LogP contribution in [0.5, 0.6) is 5.75 Å². The molecule has 0 atom stereocenters. The van der Waals surface area contributed by atoms with Crippen molar-refractivity contribution < 1.29 is 26.2 Å². The van der Waals surface area contributed by atoms with Gasteiger partial charge in [0.25, 0.3) is 0 Å². The molecule has 0 bridgehead atoms. The average molecular weight is 726 g/mol. The average Bonchev–Trinajstić information content (AvgIpc) is 3.35. The summed E-state index contributed by atoms with van der Waals surface area (Å²) >= 11 is 0. The third kappa shape index (κ3) is 4.72. The minimum absolute atomic E-state index is 0. The maximum absolute atomic E-state index is 10.8. The van der Waals surface area contributed by atoms with Crippen LogP contribution in [0.15, 0.2) is 128 Å². The van der Waals surface area contributed by atoms with Crippen LogP contribution in [0.1, 0.15) is 25.1 Å². The molecule has 0 aliphatic rings. The number of pyridine rings is 2. The number of phenols is 1. The molecular formula is C37H28N3OPt-. The summed E-state index contributed by atoms with van der Waals surface area (Å²) in [5.74, 6) is 0.211. The summed E-state index contributed by atoms with van der Waals surface area (Å²) in [4.78, 5) is 9.93. The van der Waals surface area contributed by atoms with Crippen molar-refractivity contribution in [3.05, 3.63) is 145 Å². The fourth-order valence-electron chi connectivity index (χ4n) is 5.59. The van der Waals surface area contributed by atoms with Gasteiger partial charge >= 0.3 is 0 Å². The molecule has 42 heavy (non-hydrogen) atoms. The van der Waals surface area contributed by atoms with Crippen molar-refractivity contribution in [3.63, 3.8) is 0 Å². The number of fused-ring (bicyclic) bond motifs is 3. The molecule has 0 saturated heterocycles. The van der Waals surface area contributed by atoms with Gasteiger partial charge in [0.2, 0.25) is 0 Å². The van der Waals surface area contributed by atoms with Crippen molar-refractivity contribution in [3.8, 4) is 33.8 Å². The zero-order chi connectivity index (χ0) is 28.0. The van der Waals surface area contributed by atoms with Crippen molar-refractivity contribution >= 4 is 21.9 Å². The first-order chi connectivity index (χ1) is 20.0. The molecule has 0 amide bonds. The first-order valence-corrected chi connectivity index (χ1v) is 13.7. The molecule has 4 aromatic carbocycles. The number of hydrogen-bond acceptors (Lipinski definition) is 3. The van der Waals surface area contributed by atoms with E-state index in [1.165, 1.54) is 5.56 Å². The first-order valence-electron chi connectivity index (χ1n) is 13.7. The zero-order valence-electron chi connectivity index (χ0n) is 23.2. The predicted molar refractivity (Wildman–Crippen MR) is 166 cm³/mol. The number of aromatic hydroxyl groups is 1. The molecule has 4 nitrogen and oxygen atoms in total. The summed E-state index contributed by atoms with van der Waals surface area (Å²) in [6.07, 6.45) is 1.89. The van der Waals surface area contributed by atoms with Gasteiger partial charge in [-0.25, -0.2) is 0 Å². The second-order valence-electron chi connectivity index (χ2n) is 10.8. The van der Waals surface area contributed by atoms with E-state index in [4.69, 9.17) is 9.97 Å². The fourth-order valence-corrected chi connectivity index (χ4v) is 5.59. The Morgan fingerprint density at radius 3 is 2.31 bits per heavy atom. The van der Waals surface area contributed by atoms with Gasteiger partial charge in [0.15, 0.2) is 0 Å². The van der Waals surface area contributed by atoms with E-state index in [9.17, 15) is 5.11 Å². The molecular weight excluding hydrogens is 698 g/mol. The zero-order valence-corrected chi connectivity index (χ0v) is 25.5. The quantitative estimate of drug-likeness (QED) is 0.181. The minimum atomic E-state index is -0.379. The summed E-state index contributed by atoms with van der Waals surface area (Å²) in [6.45, 7) is 4.37. The van der Waals surface area contributed by atoms with Gasteiger partial charge < -0.3 is 5.11 Å². The molecule has 3 heterocycles. The Balaban J connectivity index is 0.00000316. The molecule has 7 rings (SSSR count). The Morgan fingerprint density at radius 1 is 0.714 bits per heavy atom. The molecule has 208 valence electrons. The Bertz CT molecular complexity index is 2050. The number of aromatic nitrogens is 3. The van der Waals surface area contributed by atoms with Crippen LogP contribution in [0.2, 0.25) is 0 Å². The number of nitrogens with zero attached hydrogens (tertiary/aromatic N) is 3. The summed E-state index contributed by atoms with van der Waals surface area (Å²) in [5.41, 5.74) is 8.17. The minimum Gasteiger partial charge on any atom is -0.506 e. The molecule has 0 spiro atoms. The van der Waals surface area contributed by atoms with Crippen LogP contribution in [0.4, 0.5) is 0 Å². The van der Waals surface area contributed by atoms with E-state index in [0.29, 0.717) is 5.69 Å². The molecule has 0 saturated carbocycles. The maximum Gasteiger partial charge on any atom is 0.139 e. The van der Waals surface area contributed by atoms with Crippen LogP contribution in [-0.2, 0) is 26.5 Å². The Kier molecular flexibility index (Phi) is 7.26. The van der Waals surface area contributed by atoms with E-state index in [-0.39, 0.29) is 32.2 Å². The maximum atomic E-state index is 10.8. The van der Waals surface area contributed by atoms with Gasteiger partial charge in [0.1, 0.15) is 11.4 Å². The van der Waals surface area contributed by atoms with E-state index >= 15 is 0 Å². The summed E-state index contributed by atoms with van der Waals surface area (Å²) in [5, 5.41) is 12.9. The monoisotopic (exact) mass is 725 g/mol. The van der Waals surface area contributed by atoms with Crippen LogP contribution in [-0.4, -0.2) is 19.6 Å². The van der Waals surface area contributed by atoms with Gasteiger partial charge in [-0.3, -0.25) is 14.5 Å². The van der Waals surface area contributed by atoms with Crippen molar-refractivity contribution in [1.29, 1.82) is 0 Å². The number of hydrogen-bond donors (Lipinski definition) is 1. The van der Waals surface area contributed by atoms with Crippen molar-refractivity contribution in [2.75, 3.05) is 0 Å². The molecule has 0 fully saturated rings. The van der Waals surface area contributed by atoms with Crippen LogP contribution >= 0.6 is 0 Å². The second-order valence-corrected chi connectivity index (χ2v) is 10.8. The number of rotatable bonds is 5. The van der Waals surface area contributed by atoms with Crippen molar-refractivity contribution in [2.45, 2.75) is 19.3 Å². The van der Waals surface area contributed by atoms with Gasteiger partial charge in [0.05, 0.1) is 11.2 Å². The smallest absolute Gasteiger partial charge is 0.139 e. The number of benzene rings is 4. The largest absolute Gasteiger partial charge is 0.506 e. The molecule has 0 unspecified atom stereocenters. The third-order valence-electron chi connectivity index (χ3n) is 7.90. The summed E-state index contributed by atoms with van der Waals surface area (Å²) < 4.78 is 2.04. The molecule has 0 radical (unpaired) electrons. The number of para-hydroxylation sites is 3. The SMILES string of the molecule is CC(C)(c1[c-]c(-c2ccc3c4ccccc4n(-c4ccccc4O)c3n2)ccc1)c1cc(-c2ccccc2)ccn1.[Pt]. The van der Waals surface area contributed by atoms with Crippen molar-refractivity contribution in [2.24, 2.45) is 0 Å². The van der Waals surface area contributed by atoms with E-state index in [2.05, 4.69) is 98.8 Å². The van der Waals surface area contributed by atoms with Crippen LogP contribution in [0.25, 0.3) is 50.0 Å². The Morgan fingerprint density at radius 2 is 1.48 bits per heavy atom. The molecule has 0 aliphatic heterocycles. The van der Waals surface area contributed by atoms with Crippen LogP contribution < -0.4 is 0 Å². The Hall–Kier alpha value is -4.53. The Labute approximate surface area is 259 Å². The molecule has 0 aliphatic carbocycles. The third-order valence-corrected chi connectivity index (χ3v) is 7.90. The first kappa shape index (κ1) is 27.6.